The maximum atomic E-state index is 11.8. The third kappa shape index (κ3) is 2.72. The number of halogens is 1. The molecule has 0 aliphatic rings. The van der Waals surface area contributed by atoms with Crippen molar-refractivity contribution in [3.05, 3.63) is 23.2 Å². The maximum absolute atomic E-state index is 11.8. The van der Waals surface area contributed by atoms with E-state index in [1.54, 1.807) is 18.2 Å². The van der Waals surface area contributed by atoms with Crippen LogP contribution in [0.25, 0.3) is 0 Å². The summed E-state index contributed by atoms with van der Waals surface area (Å²) in [6, 6.07) is 5.19. The highest BCUT2D eigenvalue weighted by Gasteiger charge is 2.13. The van der Waals surface area contributed by atoms with Crippen LogP contribution in [0, 0.1) is 5.92 Å². The zero-order chi connectivity index (χ0) is 10.7. The van der Waals surface area contributed by atoms with E-state index in [1.807, 2.05) is 13.8 Å². The Balaban J connectivity index is 3.00. The van der Waals surface area contributed by atoms with Crippen molar-refractivity contribution in [3.63, 3.8) is 0 Å². The topological polar surface area (TPSA) is 43.1 Å². The average Bonchev–Trinajstić information content (AvgIpc) is 2.01. The van der Waals surface area contributed by atoms with Crippen molar-refractivity contribution in [2.75, 3.05) is 11.5 Å². The largest absolute Gasteiger partial charge is 0.398 e. The Labute approximate surface area is 91.9 Å². The summed E-state index contributed by atoms with van der Waals surface area (Å²) in [5.41, 5.74) is 6.23. The molecule has 0 aliphatic carbocycles. The van der Waals surface area contributed by atoms with Crippen LogP contribution < -0.4 is 5.73 Å². The van der Waals surface area contributed by atoms with Gasteiger partial charge in [-0.25, -0.2) is 0 Å². The van der Waals surface area contributed by atoms with Crippen LogP contribution in [0.3, 0.4) is 0 Å². The van der Waals surface area contributed by atoms with Crippen molar-refractivity contribution in [2.24, 2.45) is 5.92 Å². The van der Waals surface area contributed by atoms with Crippen LogP contribution in [0.4, 0.5) is 5.69 Å². The van der Waals surface area contributed by atoms with Crippen LogP contribution >= 0.6 is 11.6 Å². The van der Waals surface area contributed by atoms with Gasteiger partial charge in [0.25, 0.3) is 0 Å². The van der Waals surface area contributed by atoms with Gasteiger partial charge >= 0.3 is 0 Å². The predicted octanol–water partition coefficient (Wildman–Crippen LogP) is 2.69. The Bertz CT molecular complexity index is 332. The van der Waals surface area contributed by atoms with Gasteiger partial charge in [-0.2, -0.15) is 0 Å². The molecule has 0 aliphatic heterocycles. The van der Waals surface area contributed by atoms with Crippen LogP contribution in [0.1, 0.15) is 13.8 Å². The summed E-state index contributed by atoms with van der Waals surface area (Å²) in [6.07, 6.45) is 0. The van der Waals surface area contributed by atoms with E-state index in [0.29, 0.717) is 27.3 Å². The van der Waals surface area contributed by atoms with Gasteiger partial charge in [0.1, 0.15) is 0 Å². The van der Waals surface area contributed by atoms with Gasteiger partial charge < -0.3 is 5.73 Å². The lowest BCUT2D eigenvalue weighted by molar-refractivity contribution is 0.665. The van der Waals surface area contributed by atoms with Crippen molar-refractivity contribution in [1.82, 2.24) is 0 Å². The minimum absolute atomic E-state index is 0.367. The first kappa shape index (κ1) is 11.5. The molecule has 0 spiro atoms. The highest BCUT2D eigenvalue weighted by atomic mass is 35.5. The fraction of sp³-hybridized carbons (Fsp3) is 0.400. The van der Waals surface area contributed by atoms with E-state index < -0.39 is 10.8 Å². The Morgan fingerprint density at radius 3 is 2.64 bits per heavy atom. The van der Waals surface area contributed by atoms with Crippen LogP contribution in [-0.2, 0) is 10.8 Å². The minimum atomic E-state index is -1.09. The zero-order valence-corrected chi connectivity index (χ0v) is 9.86. The summed E-state index contributed by atoms with van der Waals surface area (Å²) in [5.74, 6) is 0.958. The molecule has 0 radical (unpaired) electrons. The second kappa shape index (κ2) is 4.80. The molecule has 14 heavy (non-hydrogen) atoms. The molecule has 0 heterocycles. The van der Waals surface area contributed by atoms with Gasteiger partial charge in [0.05, 0.1) is 20.7 Å². The summed E-state index contributed by atoms with van der Waals surface area (Å²) in [4.78, 5) is 0.572. The summed E-state index contributed by atoms with van der Waals surface area (Å²) in [7, 11) is -1.09. The van der Waals surface area contributed by atoms with Crippen LogP contribution in [0.2, 0.25) is 5.02 Å². The Morgan fingerprint density at radius 1 is 1.50 bits per heavy atom. The smallest absolute Gasteiger partial charge is 0.0803 e. The highest BCUT2D eigenvalue weighted by molar-refractivity contribution is 7.85. The van der Waals surface area contributed by atoms with Gasteiger partial charge in [0.15, 0.2) is 0 Å². The van der Waals surface area contributed by atoms with Gasteiger partial charge in [-0.1, -0.05) is 31.5 Å². The lowest BCUT2D eigenvalue weighted by Crippen LogP contribution is -2.07. The molecule has 0 fully saturated rings. The molecule has 4 heteroatoms. The summed E-state index contributed by atoms with van der Waals surface area (Å²) in [5, 5.41) is 0.490. The average molecular weight is 232 g/mol. The Hall–Kier alpha value is -0.540. The zero-order valence-electron chi connectivity index (χ0n) is 8.29. The van der Waals surface area contributed by atoms with Gasteiger partial charge in [0.2, 0.25) is 0 Å². The van der Waals surface area contributed by atoms with E-state index in [9.17, 15) is 4.21 Å². The number of nitrogens with two attached hydrogens (primary N) is 1. The molecule has 1 aromatic rings. The third-order valence-electron chi connectivity index (χ3n) is 1.71. The van der Waals surface area contributed by atoms with E-state index in [4.69, 9.17) is 17.3 Å². The quantitative estimate of drug-likeness (QED) is 0.813. The normalized spacial score (nSPS) is 13.1. The molecule has 0 saturated heterocycles. The monoisotopic (exact) mass is 231 g/mol. The highest BCUT2D eigenvalue weighted by Crippen LogP contribution is 2.26. The SMILES string of the molecule is CC(C)CS(=O)c1c(N)cccc1Cl. The minimum Gasteiger partial charge on any atom is -0.398 e. The second-order valence-electron chi connectivity index (χ2n) is 3.56. The third-order valence-corrected chi connectivity index (χ3v) is 4.02. The van der Waals surface area contributed by atoms with Crippen molar-refractivity contribution in [2.45, 2.75) is 18.7 Å². The van der Waals surface area contributed by atoms with Crippen molar-refractivity contribution < 1.29 is 4.21 Å². The standard InChI is InChI=1S/C10H14ClNOS/c1-7(2)6-14(13)10-8(11)4-3-5-9(10)12/h3-5,7H,6,12H2,1-2H3. The molecule has 2 N–H and O–H groups in total. The van der Waals surface area contributed by atoms with E-state index in [1.165, 1.54) is 0 Å². The number of hydrogen-bond acceptors (Lipinski definition) is 2. The molecule has 0 bridgehead atoms. The molecule has 1 rings (SSSR count). The number of rotatable bonds is 3. The molecule has 0 amide bonds. The van der Waals surface area contributed by atoms with Gasteiger partial charge in [-0.3, -0.25) is 4.21 Å². The summed E-state index contributed by atoms with van der Waals surface area (Å²) >= 11 is 5.93. The van der Waals surface area contributed by atoms with Gasteiger partial charge in [0, 0.05) is 11.4 Å². The Kier molecular flexibility index (Phi) is 3.96. The molecule has 2 nitrogen and oxygen atoms in total. The second-order valence-corrected chi connectivity index (χ2v) is 5.40. The van der Waals surface area contributed by atoms with Crippen molar-refractivity contribution >= 4 is 28.1 Å². The molecule has 1 aromatic carbocycles. The lowest BCUT2D eigenvalue weighted by Gasteiger charge is -2.09. The molecule has 1 atom stereocenters. The van der Waals surface area contributed by atoms with Gasteiger partial charge in [-0.05, 0) is 18.1 Å². The van der Waals surface area contributed by atoms with Crippen LogP contribution in [0.5, 0.6) is 0 Å². The fourth-order valence-corrected chi connectivity index (χ4v) is 2.98. The van der Waals surface area contributed by atoms with Crippen LogP contribution in [-0.4, -0.2) is 9.96 Å². The lowest BCUT2D eigenvalue weighted by atomic mass is 10.3. The summed E-state index contributed by atoms with van der Waals surface area (Å²) in [6.45, 7) is 4.04. The number of benzene rings is 1. The first-order valence-corrected chi connectivity index (χ1v) is 6.14. The molecule has 0 saturated carbocycles. The number of anilines is 1. The van der Waals surface area contributed by atoms with E-state index >= 15 is 0 Å². The first-order valence-electron chi connectivity index (χ1n) is 4.44. The molecular weight excluding hydrogens is 218 g/mol. The first-order chi connectivity index (χ1) is 6.52. The fourth-order valence-electron chi connectivity index (χ4n) is 1.15. The number of nitrogen functional groups attached to an aromatic ring is 1. The Morgan fingerprint density at radius 2 is 2.14 bits per heavy atom. The summed E-state index contributed by atoms with van der Waals surface area (Å²) < 4.78 is 11.8. The molecule has 1 unspecified atom stereocenters. The van der Waals surface area contributed by atoms with Crippen LogP contribution in [0.15, 0.2) is 23.1 Å². The molecule has 0 aromatic heterocycles. The predicted molar refractivity (Wildman–Crippen MR) is 62.0 cm³/mol. The molecular formula is C10H14ClNOS. The number of hydrogen-bond donors (Lipinski definition) is 1. The molecule has 78 valence electrons. The van der Waals surface area contributed by atoms with E-state index in [-0.39, 0.29) is 0 Å². The van der Waals surface area contributed by atoms with Gasteiger partial charge in [-0.15, -0.1) is 0 Å². The van der Waals surface area contributed by atoms with Crippen molar-refractivity contribution in [3.8, 4) is 0 Å². The van der Waals surface area contributed by atoms with E-state index in [0.717, 1.165) is 0 Å². The van der Waals surface area contributed by atoms with E-state index in [2.05, 4.69) is 0 Å². The maximum Gasteiger partial charge on any atom is 0.0803 e. The van der Waals surface area contributed by atoms with Crippen molar-refractivity contribution in [1.29, 1.82) is 0 Å².